The van der Waals surface area contributed by atoms with Crippen LogP contribution in [-0.2, 0) is 19.3 Å². The lowest BCUT2D eigenvalue weighted by Gasteiger charge is -2.19. The minimum Gasteiger partial charge on any atom is -0.493 e. The summed E-state index contributed by atoms with van der Waals surface area (Å²) in [4.78, 5) is 9.88. The van der Waals surface area contributed by atoms with Crippen LogP contribution in [0.25, 0.3) is 27.6 Å². The molecule has 4 aromatic rings. The van der Waals surface area contributed by atoms with Crippen molar-refractivity contribution in [3.05, 3.63) is 34.7 Å². The van der Waals surface area contributed by atoms with E-state index < -0.39 is 12.6 Å². The number of alkyl halides is 3. The van der Waals surface area contributed by atoms with Crippen molar-refractivity contribution >= 4 is 17.0 Å². The maximum Gasteiger partial charge on any atom is 0.393 e. The summed E-state index contributed by atoms with van der Waals surface area (Å²) in [5, 5.41) is 15.0. The molecular formula is C20H20F3N7OS. The fraction of sp³-hybridized carbons (Fsp3) is 0.400. The third-order valence-electron chi connectivity index (χ3n) is 5.64. The predicted molar refractivity (Wildman–Crippen MR) is 113 cm³/mol. The molecule has 0 amide bonds. The highest BCUT2D eigenvalue weighted by molar-refractivity contribution is 7.15. The maximum absolute atomic E-state index is 13.6. The van der Waals surface area contributed by atoms with Crippen LogP contribution >= 0.6 is 11.3 Å². The van der Waals surface area contributed by atoms with Crippen LogP contribution in [0.1, 0.15) is 22.6 Å². The van der Waals surface area contributed by atoms with Gasteiger partial charge in [-0.25, -0.2) is 14.5 Å². The lowest BCUT2D eigenvalue weighted by atomic mass is 9.98. The second kappa shape index (κ2) is 7.85. The van der Waals surface area contributed by atoms with Crippen molar-refractivity contribution in [3.8, 4) is 27.7 Å². The molecule has 1 atom stereocenters. The first-order chi connectivity index (χ1) is 15.4. The molecule has 5 rings (SSSR count). The number of nitrogens with one attached hydrogen (secondary N) is 2. The second-order valence-corrected chi connectivity index (χ2v) is 8.74. The number of H-pyrrole nitrogens is 1. The number of ether oxygens (including phenoxy) is 1. The molecule has 1 unspecified atom stereocenters. The van der Waals surface area contributed by atoms with Gasteiger partial charge >= 0.3 is 6.18 Å². The molecular weight excluding hydrogens is 443 g/mol. The first-order valence-electron chi connectivity index (χ1n) is 10.0. The van der Waals surface area contributed by atoms with Crippen LogP contribution < -0.4 is 10.1 Å². The number of halogens is 3. The summed E-state index contributed by atoms with van der Waals surface area (Å²) >= 11 is 1.43. The van der Waals surface area contributed by atoms with Crippen LogP contribution in [0, 0.1) is 0 Å². The molecule has 0 saturated carbocycles. The van der Waals surface area contributed by atoms with Gasteiger partial charge in [-0.05, 0) is 32.4 Å². The van der Waals surface area contributed by atoms with E-state index in [9.17, 15) is 13.2 Å². The van der Waals surface area contributed by atoms with E-state index in [-0.39, 0.29) is 11.3 Å². The van der Waals surface area contributed by atoms with Crippen molar-refractivity contribution in [3.63, 3.8) is 0 Å². The van der Waals surface area contributed by atoms with Crippen LogP contribution in [0.15, 0.2) is 18.6 Å². The zero-order valence-electron chi connectivity index (χ0n) is 17.3. The Morgan fingerprint density at radius 1 is 1.38 bits per heavy atom. The fourth-order valence-electron chi connectivity index (χ4n) is 4.06. The summed E-state index contributed by atoms with van der Waals surface area (Å²) < 4.78 is 47.5. The van der Waals surface area contributed by atoms with Gasteiger partial charge in [0.1, 0.15) is 11.3 Å². The smallest absolute Gasteiger partial charge is 0.393 e. The zero-order chi connectivity index (χ0) is 22.5. The van der Waals surface area contributed by atoms with E-state index in [1.807, 2.05) is 7.05 Å². The van der Waals surface area contributed by atoms with E-state index in [4.69, 9.17) is 4.74 Å². The molecule has 8 nitrogen and oxygen atoms in total. The highest BCUT2D eigenvalue weighted by Crippen LogP contribution is 2.39. The fourth-order valence-corrected chi connectivity index (χ4v) is 5.27. The molecule has 0 saturated heterocycles. The zero-order valence-corrected chi connectivity index (χ0v) is 18.1. The average molecular weight is 463 g/mol. The van der Waals surface area contributed by atoms with Gasteiger partial charge in [-0.1, -0.05) is 0 Å². The molecule has 168 valence electrons. The van der Waals surface area contributed by atoms with Crippen LogP contribution in [0.5, 0.6) is 5.75 Å². The summed E-state index contributed by atoms with van der Waals surface area (Å²) in [6, 6.07) is 1.97. The van der Waals surface area contributed by atoms with Crippen LogP contribution in [0.2, 0.25) is 0 Å². The minimum atomic E-state index is -4.41. The van der Waals surface area contributed by atoms with Crippen LogP contribution in [0.4, 0.5) is 13.2 Å². The largest absolute Gasteiger partial charge is 0.493 e. The summed E-state index contributed by atoms with van der Waals surface area (Å²) in [5.41, 5.74) is 2.41. The number of nitrogens with zero attached hydrogens (tertiary/aromatic N) is 5. The molecule has 0 spiro atoms. The van der Waals surface area contributed by atoms with Crippen molar-refractivity contribution in [1.82, 2.24) is 35.1 Å². The molecule has 2 N–H and O–H groups in total. The first-order valence-corrected chi connectivity index (χ1v) is 10.9. The Bertz CT molecular complexity index is 1280. The predicted octanol–water partition coefficient (Wildman–Crippen LogP) is 3.43. The van der Waals surface area contributed by atoms with Gasteiger partial charge in [0.15, 0.2) is 11.4 Å². The lowest BCUT2D eigenvalue weighted by Crippen LogP contribution is -2.30. The molecule has 12 heteroatoms. The van der Waals surface area contributed by atoms with Gasteiger partial charge in [0.05, 0.1) is 30.6 Å². The summed E-state index contributed by atoms with van der Waals surface area (Å²) in [5.74, 6) is 0.394. The number of likely N-dealkylation sites (N-methyl/N-ethyl adjacent to an activating group) is 1. The summed E-state index contributed by atoms with van der Waals surface area (Å²) in [6.45, 7) is 0. The van der Waals surface area contributed by atoms with E-state index in [0.29, 0.717) is 33.7 Å². The monoisotopic (exact) mass is 463 g/mol. The molecule has 0 aromatic carbocycles. The third-order valence-corrected chi connectivity index (χ3v) is 6.78. The van der Waals surface area contributed by atoms with Gasteiger partial charge in [0, 0.05) is 28.2 Å². The van der Waals surface area contributed by atoms with Gasteiger partial charge < -0.3 is 10.1 Å². The van der Waals surface area contributed by atoms with Crippen molar-refractivity contribution in [2.75, 3.05) is 14.2 Å². The maximum atomic E-state index is 13.6. The molecule has 0 aliphatic heterocycles. The van der Waals surface area contributed by atoms with Crippen molar-refractivity contribution in [2.24, 2.45) is 0 Å². The highest BCUT2D eigenvalue weighted by atomic mass is 32.1. The number of thiazole rings is 1. The Labute approximate surface area is 184 Å². The molecule has 0 bridgehead atoms. The van der Waals surface area contributed by atoms with E-state index in [0.717, 1.165) is 29.8 Å². The third kappa shape index (κ3) is 3.73. The van der Waals surface area contributed by atoms with Gasteiger partial charge in [-0.3, -0.25) is 5.10 Å². The molecule has 0 fully saturated rings. The Balaban J connectivity index is 1.63. The van der Waals surface area contributed by atoms with E-state index in [2.05, 4.69) is 30.6 Å². The standard InChI is InChI=1S/C20H20F3N7OS/c1-24-11-3-4-13-15(6-11)32-19(27-13)17-12(7-20(21,22)23)16(28-29-17)10-5-14(31-2)18-25-9-26-30(18)8-10/h5,8-9,11,24H,3-4,6-7H2,1-2H3,(H,28,29). The number of aromatic amines is 1. The highest BCUT2D eigenvalue weighted by Gasteiger charge is 2.34. The number of rotatable bonds is 5. The lowest BCUT2D eigenvalue weighted by molar-refractivity contribution is -0.127. The number of hydrogen-bond donors (Lipinski definition) is 2. The van der Waals surface area contributed by atoms with Gasteiger partial charge in [-0.2, -0.15) is 23.4 Å². The summed E-state index contributed by atoms with van der Waals surface area (Å²) in [7, 11) is 3.39. The second-order valence-electron chi connectivity index (χ2n) is 7.66. The number of methoxy groups -OCH3 is 1. The number of aromatic nitrogens is 6. The molecule has 4 heterocycles. The quantitative estimate of drug-likeness (QED) is 0.471. The summed E-state index contributed by atoms with van der Waals surface area (Å²) in [6.07, 6.45) is -0.0274. The first kappa shape index (κ1) is 20.9. The van der Waals surface area contributed by atoms with Crippen molar-refractivity contribution in [1.29, 1.82) is 0 Å². The van der Waals surface area contributed by atoms with Crippen molar-refractivity contribution in [2.45, 2.75) is 37.9 Å². The Kier molecular flexibility index (Phi) is 5.13. The number of pyridine rings is 1. The SMILES string of the molecule is CNC1CCc2nc(-c3[nH]nc(-c4cc(OC)c5ncnn5c4)c3CC(F)(F)F)sc2C1. The number of fused-ring (bicyclic) bond motifs is 2. The van der Waals surface area contributed by atoms with Gasteiger partial charge in [0.2, 0.25) is 0 Å². The van der Waals surface area contributed by atoms with Crippen LogP contribution in [0.3, 0.4) is 0 Å². The topological polar surface area (TPSA) is 93.0 Å². The van der Waals surface area contributed by atoms with Gasteiger partial charge in [0.25, 0.3) is 0 Å². The number of aryl methyl sites for hydroxylation is 1. The van der Waals surface area contributed by atoms with E-state index >= 15 is 0 Å². The van der Waals surface area contributed by atoms with Crippen LogP contribution in [-0.4, -0.2) is 56.2 Å². The molecule has 0 radical (unpaired) electrons. The van der Waals surface area contributed by atoms with E-state index in [1.165, 1.54) is 29.3 Å². The average Bonchev–Trinajstić information content (AvgIpc) is 3.48. The Morgan fingerprint density at radius 2 is 2.22 bits per heavy atom. The van der Waals surface area contributed by atoms with E-state index in [1.54, 1.807) is 12.3 Å². The van der Waals surface area contributed by atoms with Crippen molar-refractivity contribution < 1.29 is 17.9 Å². The minimum absolute atomic E-state index is 0.0512. The normalized spacial score (nSPS) is 16.5. The molecule has 1 aliphatic rings. The van der Waals surface area contributed by atoms with Gasteiger partial charge in [-0.15, -0.1) is 11.3 Å². The molecule has 4 aromatic heterocycles. The Hall–Kier alpha value is -2.99. The number of hydrogen-bond acceptors (Lipinski definition) is 7. The Morgan fingerprint density at radius 3 is 2.97 bits per heavy atom. The molecule has 32 heavy (non-hydrogen) atoms. The molecule has 1 aliphatic carbocycles.